The number of aliphatic hydroxyl groups is 1. The second kappa shape index (κ2) is 2.46. The molecule has 2 rings (SSSR count). The molecule has 2 fully saturated rings. The number of rotatable bonds is 0. The number of hydrogen-bond donors (Lipinski definition) is 1. The molecule has 0 aromatic carbocycles. The van der Waals surface area contributed by atoms with Gasteiger partial charge < -0.3 is 5.11 Å². The van der Waals surface area contributed by atoms with E-state index in [9.17, 15) is 5.11 Å². The summed E-state index contributed by atoms with van der Waals surface area (Å²) in [5, 5.41) is 9.81. The minimum Gasteiger partial charge on any atom is -0.391 e. The summed E-state index contributed by atoms with van der Waals surface area (Å²) in [5.74, 6) is 0. The fourth-order valence-electron chi connectivity index (χ4n) is 2.76. The Labute approximate surface area is 68.2 Å². The molecular formula is C9H17NO. The number of likely N-dealkylation sites (N-methyl/N-ethyl adjacent to an activating group) is 1. The summed E-state index contributed by atoms with van der Waals surface area (Å²) in [6.07, 6.45) is 5.98. The standard InChI is InChI=1S/C9H17NO/c1-10-7-4-8(11)9(10)5-2-3-6-9/h8,11H,2-7H2,1H3/t8-/m1/s1. The zero-order chi connectivity index (χ0) is 7.90. The zero-order valence-corrected chi connectivity index (χ0v) is 7.21. The van der Waals surface area contributed by atoms with E-state index in [2.05, 4.69) is 11.9 Å². The summed E-state index contributed by atoms with van der Waals surface area (Å²) in [6.45, 7) is 1.08. The highest BCUT2D eigenvalue weighted by Crippen LogP contribution is 2.42. The molecule has 2 aliphatic rings. The van der Waals surface area contributed by atoms with E-state index in [0.717, 1.165) is 13.0 Å². The fraction of sp³-hybridized carbons (Fsp3) is 1.00. The van der Waals surface area contributed by atoms with Crippen LogP contribution in [0.25, 0.3) is 0 Å². The molecule has 2 heteroatoms. The molecule has 1 spiro atoms. The molecule has 0 radical (unpaired) electrons. The predicted octanol–water partition coefficient (Wildman–Crippen LogP) is 0.996. The van der Waals surface area contributed by atoms with Crippen molar-refractivity contribution in [3.63, 3.8) is 0 Å². The van der Waals surface area contributed by atoms with Gasteiger partial charge in [-0.15, -0.1) is 0 Å². The van der Waals surface area contributed by atoms with Crippen molar-refractivity contribution < 1.29 is 5.11 Å². The lowest BCUT2D eigenvalue weighted by atomic mass is 9.92. The lowest BCUT2D eigenvalue weighted by Crippen LogP contribution is -2.45. The van der Waals surface area contributed by atoms with Gasteiger partial charge in [-0.2, -0.15) is 0 Å². The predicted molar refractivity (Wildman–Crippen MR) is 44.5 cm³/mol. The summed E-state index contributed by atoms with van der Waals surface area (Å²) >= 11 is 0. The molecule has 0 aromatic heterocycles. The molecule has 11 heavy (non-hydrogen) atoms. The van der Waals surface area contributed by atoms with E-state index in [-0.39, 0.29) is 11.6 Å². The molecule has 1 saturated heterocycles. The van der Waals surface area contributed by atoms with Crippen LogP contribution in [-0.2, 0) is 0 Å². The molecule has 64 valence electrons. The van der Waals surface area contributed by atoms with Crippen molar-refractivity contribution in [1.82, 2.24) is 4.90 Å². The molecule has 1 aliphatic heterocycles. The van der Waals surface area contributed by atoms with Crippen LogP contribution in [-0.4, -0.2) is 35.2 Å². The second-order valence-electron chi connectivity index (χ2n) is 4.04. The van der Waals surface area contributed by atoms with Crippen LogP contribution in [0, 0.1) is 0 Å². The molecule has 0 bridgehead atoms. The third-order valence-corrected chi connectivity index (χ3v) is 3.59. The van der Waals surface area contributed by atoms with Crippen molar-refractivity contribution in [2.45, 2.75) is 43.7 Å². The van der Waals surface area contributed by atoms with Crippen molar-refractivity contribution in [3.8, 4) is 0 Å². The SMILES string of the molecule is CN1CC[C@@H](O)C12CCCC2. The van der Waals surface area contributed by atoms with Gasteiger partial charge in [-0.1, -0.05) is 12.8 Å². The quantitative estimate of drug-likeness (QED) is 0.564. The topological polar surface area (TPSA) is 23.5 Å². The molecular weight excluding hydrogens is 138 g/mol. The Kier molecular flexibility index (Phi) is 1.69. The number of likely N-dealkylation sites (tertiary alicyclic amines) is 1. The van der Waals surface area contributed by atoms with Crippen LogP contribution in [0.15, 0.2) is 0 Å². The normalized spacial score (nSPS) is 37.1. The highest BCUT2D eigenvalue weighted by Gasteiger charge is 2.47. The minimum atomic E-state index is -0.0463. The molecule has 0 amide bonds. The zero-order valence-electron chi connectivity index (χ0n) is 7.21. The van der Waals surface area contributed by atoms with Gasteiger partial charge in [-0.3, -0.25) is 4.90 Å². The maximum atomic E-state index is 9.81. The van der Waals surface area contributed by atoms with Crippen molar-refractivity contribution in [2.24, 2.45) is 0 Å². The van der Waals surface area contributed by atoms with Crippen LogP contribution in [0.3, 0.4) is 0 Å². The van der Waals surface area contributed by atoms with Gasteiger partial charge in [-0.25, -0.2) is 0 Å². The van der Waals surface area contributed by atoms with Crippen LogP contribution in [0.1, 0.15) is 32.1 Å². The molecule has 1 N–H and O–H groups in total. The van der Waals surface area contributed by atoms with Gasteiger partial charge in [0.2, 0.25) is 0 Å². The smallest absolute Gasteiger partial charge is 0.0735 e. The van der Waals surface area contributed by atoms with Gasteiger partial charge in [-0.05, 0) is 26.3 Å². The summed E-state index contributed by atoms with van der Waals surface area (Å²) < 4.78 is 0. The Morgan fingerprint density at radius 1 is 1.36 bits per heavy atom. The Hall–Kier alpha value is -0.0800. The maximum absolute atomic E-state index is 9.81. The Balaban J connectivity index is 2.19. The van der Waals surface area contributed by atoms with Crippen LogP contribution in [0.2, 0.25) is 0 Å². The van der Waals surface area contributed by atoms with E-state index in [1.165, 1.54) is 25.7 Å². The van der Waals surface area contributed by atoms with Gasteiger partial charge >= 0.3 is 0 Å². The van der Waals surface area contributed by atoms with Gasteiger partial charge in [0.15, 0.2) is 0 Å². The van der Waals surface area contributed by atoms with Crippen molar-refractivity contribution in [1.29, 1.82) is 0 Å². The van der Waals surface area contributed by atoms with Gasteiger partial charge in [0.1, 0.15) is 0 Å². The Morgan fingerprint density at radius 2 is 2.00 bits per heavy atom. The molecule has 0 unspecified atom stereocenters. The molecule has 1 saturated carbocycles. The van der Waals surface area contributed by atoms with E-state index in [0.29, 0.717) is 0 Å². The fourth-order valence-corrected chi connectivity index (χ4v) is 2.76. The number of aliphatic hydroxyl groups excluding tert-OH is 1. The summed E-state index contributed by atoms with van der Waals surface area (Å²) in [5.41, 5.74) is 0.194. The number of hydrogen-bond acceptors (Lipinski definition) is 2. The first kappa shape index (κ1) is 7.56. The number of nitrogens with zero attached hydrogens (tertiary/aromatic N) is 1. The summed E-state index contributed by atoms with van der Waals surface area (Å²) in [7, 11) is 2.15. The highest BCUT2D eigenvalue weighted by molar-refractivity contribution is 5.03. The average molecular weight is 155 g/mol. The van der Waals surface area contributed by atoms with Crippen LogP contribution < -0.4 is 0 Å². The van der Waals surface area contributed by atoms with Crippen molar-refractivity contribution in [2.75, 3.05) is 13.6 Å². The average Bonchev–Trinajstić information content (AvgIpc) is 2.56. The lowest BCUT2D eigenvalue weighted by Gasteiger charge is -2.34. The van der Waals surface area contributed by atoms with Crippen LogP contribution in [0.4, 0.5) is 0 Å². The molecule has 2 nitrogen and oxygen atoms in total. The molecule has 1 aliphatic carbocycles. The van der Waals surface area contributed by atoms with Gasteiger partial charge in [0, 0.05) is 12.1 Å². The van der Waals surface area contributed by atoms with E-state index in [4.69, 9.17) is 0 Å². The third kappa shape index (κ3) is 0.926. The largest absolute Gasteiger partial charge is 0.391 e. The van der Waals surface area contributed by atoms with Crippen molar-refractivity contribution in [3.05, 3.63) is 0 Å². The molecule has 1 heterocycles. The van der Waals surface area contributed by atoms with E-state index in [1.807, 2.05) is 0 Å². The highest BCUT2D eigenvalue weighted by atomic mass is 16.3. The maximum Gasteiger partial charge on any atom is 0.0735 e. The van der Waals surface area contributed by atoms with E-state index in [1.54, 1.807) is 0 Å². The van der Waals surface area contributed by atoms with Crippen LogP contribution >= 0.6 is 0 Å². The Bertz CT molecular complexity index is 140. The monoisotopic (exact) mass is 155 g/mol. The summed E-state index contributed by atoms with van der Waals surface area (Å²) in [4.78, 5) is 2.37. The first-order chi connectivity index (χ1) is 5.26. The minimum absolute atomic E-state index is 0.0463. The van der Waals surface area contributed by atoms with Crippen LogP contribution in [0.5, 0.6) is 0 Å². The summed E-state index contributed by atoms with van der Waals surface area (Å²) in [6, 6.07) is 0. The first-order valence-electron chi connectivity index (χ1n) is 4.65. The lowest BCUT2D eigenvalue weighted by molar-refractivity contribution is 0.0454. The molecule has 0 aromatic rings. The Morgan fingerprint density at radius 3 is 2.45 bits per heavy atom. The van der Waals surface area contributed by atoms with Gasteiger partial charge in [0.05, 0.1) is 6.10 Å². The first-order valence-corrected chi connectivity index (χ1v) is 4.65. The second-order valence-corrected chi connectivity index (χ2v) is 4.04. The van der Waals surface area contributed by atoms with E-state index >= 15 is 0 Å². The van der Waals surface area contributed by atoms with Gasteiger partial charge in [0.25, 0.3) is 0 Å². The van der Waals surface area contributed by atoms with Crippen molar-refractivity contribution >= 4 is 0 Å². The van der Waals surface area contributed by atoms with E-state index < -0.39 is 0 Å². The molecule has 1 atom stereocenters. The third-order valence-electron chi connectivity index (χ3n) is 3.59.